The minimum absolute atomic E-state index is 0.181. The summed E-state index contributed by atoms with van der Waals surface area (Å²) in [6.45, 7) is 5.23. The highest BCUT2D eigenvalue weighted by atomic mass is 79.9. The Bertz CT molecular complexity index is 824. The van der Waals surface area contributed by atoms with E-state index in [4.69, 9.17) is 25.8 Å². The largest absolute Gasteiger partial charge is 0.493 e. The lowest BCUT2D eigenvalue weighted by atomic mass is 10.3. The molecule has 2 aromatic carbocycles. The van der Waals surface area contributed by atoms with Gasteiger partial charge in [0.05, 0.1) is 19.2 Å². The van der Waals surface area contributed by atoms with Crippen LogP contribution < -0.4 is 18.9 Å². The fourth-order valence-corrected chi connectivity index (χ4v) is 4.45. The topological polar surface area (TPSA) is 43.0 Å². The maximum atomic E-state index is 6.35. The van der Waals surface area contributed by atoms with Gasteiger partial charge < -0.3 is 18.9 Å². The Morgan fingerprint density at radius 1 is 1.18 bits per heavy atom. The highest BCUT2D eigenvalue weighted by Crippen LogP contribution is 2.39. The third-order valence-corrected chi connectivity index (χ3v) is 6.74. The summed E-state index contributed by atoms with van der Waals surface area (Å²) in [6, 6.07) is 9.54. The molecule has 1 fully saturated rings. The fourth-order valence-electron chi connectivity index (χ4n) is 3.04. The number of hydrogen-bond donors (Lipinski definition) is 1. The number of likely N-dealkylation sites (N-methyl/N-ethyl adjacent to an activating group) is 1. The van der Waals surface area contributed by atoms with Gasteiger partial charge >= 0.3 is 0 Å². The van der Waals surface area contributed by atoms with Crippen molar-refractivity contribution >= 4 is 45.2 Å². The van der Waals surface area contributed by atoms with Crippen molar-refractivity contribution in [2.45, 2.75) is 24.3 Å². The standard InChI is InChI=1S/C20H24BrClN2O3S/c1-4-24-8-7-14(12-24)27-17-9-13(5-6-16(17)22)23-28-20-11-19(26-3)18(25-2)10-15(20)21/h5-6,9-11,14,23H,4,7-8,12H2,1-3H3/t14-/m1/s1. The Morgan fingerprint density at radius 3 is 2.61 bits per heavy atom. The van der Waals surface area contributed by atoms with Crippen molar-refractivity contribution in [3.05, 3.63) is 39.8 Å². The molecule has 152 valence electrons. The van der Waals surface area contributed by atoms with E-state index in [1.807, 2.05) is 30.3 Å². The van der Waals surface area contributed by atoms with Crippen molar-refractivity contribution in [3.8, 4) is 17.2 Å². The number of anilines is 1. The Kier molecular flexibility index (Phi) is 7.62. The third kappa shape index (κ3) is 5.20. The minimum atomic E-state index is 0.181. The first-order chi connectivity index (χ1) is 13.5. The molecular weight excluding hydrogens is 464 g/mol. The van der Waals surface area contributed by atoms with Gasteiger partial charge in [-0.15, -0.1) is 0 Å². The quantitative estimate of drug-likeness (QED) is 0.481. The van der Waals surface area contributed by atoms with E-state index in [-0.39, 0.29) is 6.10 Å². The number of rotatable bonds is 8. The Morgan fingerprint density at radius 2 is 1.93 bits per heavy atom. The van der Waals surface area contributed by atoms with Crippen LogP contribution in [0.1, 0.15) is 13.3 Å². The molecule has 8 heteroatoms. The van der Waals surface area contributed by atoms with Gasteiger partial charge in [0, 0.05) is 40.3 Å². The molecule has 3 rings (SSSR count). The first-order valence-corrected chi connectivity index (χ1v) is 11.1. The van der Waals surface area contributed by atoms with Crippen LogP contribution in [0, 0.1) is 0 Å². The summed E-state index contributed by atoms with van der Waals surface area (Å²) >= 11 is 11.4. The Hall–Kier alpha value is -1.28. The van der Waals surface area contributed by atoms with E-state index in [0.29, 0.717) is 22.3 Å². The molecule has 1 aliphatic rings. The zero-order valence-electron chi connectivity index (χ0n) is 16.1. The van der Waals surface area contributed by atoms with Crippen LogP contribution in [0.5, 0.6) is 17.2 Å². The van der Waals surface area contributed by atoms with Crippen LogP contribution in [0.15, 0.2) is 39.7 Å². The summed E-state index contributed by atoms with van der Waals surface area (Å²) in [4.78, 5) is 3.36. The van der Waals surface area contributed by atoms with Gasteiger partial charge in [-0.1, -0.05) is 18.5 Å². The lowest BCUT2D eigenvalue weighted by Gasteiger charge is -2.17. The van der Waals surface area contributed by atoms with Crippen LogP contribution in [0.25, 0.3) is 0 Å². The van der Waals surface area contributed by atoms with Crippen LogP contribution in [-0.2, 0) is 0 Å². The molecule has 1 heterocycles. The van der Waals surface area contributed by atoms with Crippen LogP contribution in [0.4, 0.5) is 5.69 Å². The lowest BCUT2D eigenvalue weighted by molar-refractivity contribution is 0.203. The molecule has 0 aliphatic carbocycles. The smallest absolute Gasteiger partial charge is 0.161 e. The van der Waals surface area contributed by atoms with E-state index in [2.05, 4.69) is 32.5 Å². The number of halogens is 2. The van der Waals surface area contributed by atoms with E-state index >= 15 is 0 Å². The molecule has 5 nitrogen and oxygen atoms in total. The summed E-state index contributed by atoms with van der Waals surface area (Å²) in [6.07, 6.45) is 1.20. The van der Waals surface area contributed by atoms with E-state index < -0.39 is 0 Å². The molecule has 0 aromatic heterocycles. The second kappa shape index (κ2) is 9.96. The first kappa shape index (κ1) is 21.4. The molecule has 0 bridgehead atoms. The summed E-state index contributed by atoms with van der Waals surface area (Å²) in [7, 11) is 3.24. The average Bonchev–Trinajstić information content (AvgIpc) is 3.16. The molecule has 0 radical (unpaired) electrons. The summed E-state index contributed by atoms with van der Waals surface area (Å²) < 4.78 is 21.1. The number of nitrogens with zero attached hydrogens (tertiary/aromatic N) is 1. The highest BCUT2D eigenvalue weighted by molar-refractivity contribution is 9.10. The minimum Gasteiger partial charge on any atom is -0.493 e. The van der Waals surface area contributed by atoms with Crippen molar-refractivity contribution in [2.75, 3.05) is 38.6 Å². The molecule has 1 N–H and O–H groups in total. The van der Waals surface area contributed by atoms with Gasteiger partial charge in [0.2, 0.25) is 0 Å². The summed E-state index contributed by atoms with van der Waals surface area (Å²) in [5.41, 5.74) is 0.913. The van der Waals surface area contributed by atoms with Crippen LogP contribution >= 0.6 is 39.5 Å². The number of nitrogens with one attached hydrogen (secondary N) is 1. The van der Waals surface area contributed by atoms with Gasteiger partial charge in [-0.05, 0) is 59.0 Å². The second-order valence-electron chi connectivity index (χ2n) is 6.41. The van der Waals surface area contributed by atoms with Gasteiger partial charge in [-0.25, -0.2) is 0 Å². The van der Waals surface area contributed by atoms with Crippen molar-refractivity contribution < 1.29 is 14.2 Å². The molecule has 2 aromatic rings. The zero-order chi connectivity index (χ0) is 20.1. The van der Waals surface area contributed by atoms with Gasteiger partial charge in [-0.3, -0.25) is 4.90 Å². The van der Waals surface area contributed by atoms with Crippen molar-refractivity contribution in [3.63, 3.8) is 0 Å². The van der Waals surface area contributed by atoms with Crippen LogP contribution in [0.2, 0.25) is 5.02 Å². The molecule has 0 unspecified atom stereocenters. The van der Waals surface area contributed by atoms with Crippen LogP contribution in [0.3, 0.4) is 0 Å². The van der Waals surface area contributed by atoms with Gasteiger partial charge in [0.25, 0.3) is 0 Å². The van der Waals surface area contributed by atoms with Gasteiger partial charge in [-0.2, -0.15) is 0 Å². The fraction of sp³-hybridized carbons (Fsp3) is 0.400. The zero-order valence-corrected chi connectivity index (χ0v) is 19.3. The maximum absolute atomic E-state index is 6.35. The number of likely N-dealkylation sites (tertiary alicyclic amines) is 1. The average molecular weight is 488 g/mol. The second-order valence-corrected chi connectivity index (χ2v) is 8.52. The van der Waals surface area contributed by atoms with Crippen molar-refractivity contribution in [2.24, 2.45) is 0 Å². The Labute approximate surface area is 183 Å². The summed E-state index contributed by atoms with van der Waals surface area (Å²) in [5, 5.41) is 0.623. The number of ether oxygens (including phenoxy) is 3. The molecule has 28 heavy (non-hydrogen) atoms. The van der Waals surface area contributed by atoms with Gasteiger partial charge in [0.1, 0.15) is 11.9 Å². The number of hydrogen-bond acceptors (Lipinski definition) is 6. The highest BCUT2D eigenvalue weighted by Gasteiger charge is 2.23. The monoisotopic (exact) mass is 486 g/mol. The van der Waals surface area contributed by atoms with Gasteiger partial charge in [0.15, 0.2) is 11.5 Å². The molecule has 0 saturated carbocycles. The molecule has 1 atom stereocenters. The van der Waals surface area contributed by atoms with Crippen molar-refractivity contribution in [1.29, 1.82) is 0 Å². The van der Waals surface area contributed by atoms with Crippen molar-refractivity contribution in [1.82, 2.24) is 4.90 Å². The van der Waals surface area contributed by atoms with E-state index in [1.165, 1.54) is 11.9 Å². The normalized spacial score (nSPS) is 16.8. The molecule has 0 spiro atoms. The molecule has 1 saturated heterocycles. The van der Waals surface area contributed by atoms with E-state index in [9.17, 15) is 0 Å². The SMILES string of the molecule is CCN1CC[C@@H](Oc2cc(NSc3cc(OC)c(OC)cc3Br)ccc2Cl)C1. The Balaban J connectivity index is 1.68. The van der Waals surface area contributed by atoms with E-state index in [1.54, 1.807) is 14.2 Å². The molecule has 0 amide bonds. The molecular formula is C20H24BrClN2O3S. The predicted octanol–water partition coefficient (Wildman–Crippen LogP) is 5.71. The first-order valence-electron chi connectivity index (χ1n) is 9.07. The van der Waals surface area contributed by atoms with E-state index in [0.717, 1.165) is 41.1 Å². The summed E-state index contributed by atoms with van der Waals surface area (Å²) in [5.74, 6) is 2.07. The lowest BCUT2D eigenvalue weighted by Crippen LogP contribution is -2.24. The molecule has 1 aliphatic heterocycles. The third-order valence-electron chi connectivity index (χ3n) is 4.62. The number of benzene rings is 2. The predicted molar refractivity (Wildman–Crippen MR) is 119 cm³/mol. The van der Waals surface area contributed by atoms with Crippen LogP contribution in [-0.4, -0.2) is 44.9 Å². The maximum Gasteiger partial charge on any atom is 0.161 e. The number of methoxy groups -OCH3 is 2.